The molecule has 1 N–H and O–H groups in total. The first-order valence-corrected chi connectivity index (χ1v) is 8.31. The van der Waals surface area contributed by atoms with Crippen LogP contribution in [0.5, 0.6) is 5.75 Å². The number of carbonyl (C=O) groups excluding carboxylic acids is 1. The van der Waals surface area contributed by atoms with Crippen LogP contribution in [0.4, 0.5) is 4.79 Å². The fraction of sp³-hybridized carbons (Fsp3) is 0.611. The van der Waals surface area contributed by atoms with E-state index in [0.29, 0.717) is 39.5 Å². The van der Waals surface area contributed by atoms with E-state index in [1.165, 1.54) is 5.56 Å². The Labute approximate surface area is 139 Å². The molecular formula is C18H28N2O3. The van der Waals surface area contributed by atoms with Crippen LogP contribution in [0.2, 0.25) is 0 Å². The molecule has 5 heteroatoms. The molecule has 1 heterocycles. The summed E-state index contributed by atoms with van der Waals surface area (Å²) in [5.74, 6) is 0.873. The zero-order valence-corrected chi connectivity index (χ0v) is 14.4. The summed E-state index contributed by atoms with van der Waals surface area (Å²) in [5, 5.41) is 2.92. The second kappa shape index (κ2) is 8.20. The maximum atomic E-state index is 11.9. The molecule has 1 fully saturated rings. The lowest BCUT2D eigenvalue weighted by molar-refractivity contribution is 0.0532. The first-order chi connectivity index (χ1) is 11.0. The first kappa shape index (κ1) is 17.6. The molecule has 1 aliphatic rings. The summed E-state index contributed by atoms with van der Waals surface area (Å²) in [7, 11) is 0. The molecule has 0 bridgehead atoms. The Bertz CT molecular complexity index is 488. The van der Waals surface area contributed by atoms with Crippen molar-refractivity contribution in [3.8, 4) is 5.75 Å². The van der Waals surface area contributed by atoms with Crippen LogP contribution in [-0.4, -0.2) is 50.4 Å². The van der Waals surface area contributed by atoms with Gasteiger partial charge in [0.15, 0.2) is 0 Å². The summed E-state index contributed by atoms with van der Waals surface area (Å²) in [6, 6.07) is 8.22. The zero-order valence-electron chi connectivity index (χ0n) is 14.4. The SMILES string of the molecule is CC(C)(C)c1ccc(OCCCNC(=O)N2CCOCC2)cc1. The van der Waals surface area contributed by atoms with Gasteiger partial charge in [-0.1, -0.05) is 32.9 Å². The maximum absolute atomic E-state index is 11.9. The number of benzene rings is 1. The average Bonchev–Trinajstić information content (AvgIpc) is 2.55. The van der Waals surface area contributed by atoms with E-state index >= 15 is 0 Å². The van der Waals surface area contributed by atoms with E-state index in [4.69, 9.17) is 9.47 Å². The van der Waals surface area contributed by atoms with Gasteiger partial charge in [0.05, 0.1) is 19.8 Å². The molecule has 0 aromatic heterocycles. The summed E-state index contributed by atoms with van der Waals surface area (Å²) in [6.07, 6.45) is 0.789. The lowest BCUT2D eigenvalue weighted by Crippen LogP contribution is -2.46. The Balaban J connectivity index is 1.62. The van der Waals surface area contributed by atoms with Crippen molar-refractivity contribution in [3.63, 3.8) is 0 Å². The molecule has 1 aromatic rings. The standard InChI is InChI=1S/C18H28N2O3/c1-18(2,3)15-5-7-16(8-6-15)23-12-4-9-19-17(21)20-10-13-22-14-11-20/h5-8H,4,9-14H2,1-3H3,(H,19,21). The Morgan fingerprint density at radius 3 is 2.48 bits per heavy atom. The molecule has 23 heavy (non-hydrogen) atoms. The zero-order chi connectivity index (χ0) is 16.7. The second-order valence-corrected chi connectivity index (χ2v) is 6.81. The molecule has 0 aliphatic carbocycles. The van der Waals surface area contributed by atoms with Gasteiger partial charge < -0.3 is 19.7 Å². The van der Waals surface area contributed by atoms with E-state index in [1.54, 1.807) is 4.90 Å². The van der Waals surface area contributed by atoms with Gasteiger partial charge in [-0.2, -0.15) is 0 Å². The number of rotatable bonds is 5. The van der Waals surface area contributed by atoms with Crippen LogP contribution >= 0.6 is 0 Å². The van der Waals surface area contributed by atoms with Gasteiger partial charge in [-0.3, -0.25) is 0 Å². The molecule has 0 unspecified atom stereocenters. The molecule has 1 saturated heterocycles. The van der Waals surface area contributed by atoms with Gasteiger partial charge in [0.25, 0.3) is 0 Å². The fourth-order valence-corrected chi connectivity index (χ4v) is 2.39. The van der Waals surface area contributed by atoms with Crippen LogP contribution in [0.1, 0.15) is 32.8 Å². The summed E-state index contributed by atoms with van der Waals surface area (Å²) < 4.78 is 10.9. The number of urea groups is 1. The predicted octanol–water partition coefficient (Wildman–Crippen LogP) is 2.79. The van der Waals surface area contributed by atoms with Crippen LogP contribution in [0, 0.1) is 0 Å². The fourth-order valence-electron chi connectivity index (χ4n) is 2.39. The molecule has 0 saturated carbocycles. The third kappa shape index (κ3) is 5.75. The Kier molecular flexibility index (Phi) is 6.28. The number of carbonyl (C=O) groups is 1. The molecular weight excluding hydrogens is 292 g/mol. The molecule has 128 valence electrons. The van der Waals surface area contributed by atoms with Crippen molar-refractivity contribution in [2.24, 2.45) is 0 Å². The molecule has 5 nitrogen and oxygen atoms in total. The first-order valence-electron chi connectivity index (χ1n) is 8.31. The monoisotopic (exact) mass is 320 g/mol. The molecule has 1 aromatic carbocycles. The van der Waals surface area contributed by atoms with Crippen molar-refractivity contribution in [1.82, 2.24) is 10.2 Å². The smallest absolute Gasteiger partial charge is 0.317 e. The number of morpholine rings is 1. The topological polar surface area (TPSA) is 50.8 Å². The number of nitrogens with one attached hydrogen (secondary N) is 1. The Hall–Kier alpha value is -1.75. The highest BCUT2D eigenvalue weighted by Crippen LogP contribution is 2.24. The second-order valence-electron chi connectivity index (χ2n) is 6.81. The number of ether oxygens (including phenoxy) is 2. The maximum Gasteiger partial charge on any atom is 0.317 e. The van der Waals surface area contributed by atoms with Crippen molar-refractivity contribution in [1.29, 1.82) is 0 Å². The van der Waals surface area contributed by atoms with E-state index in [-0.39, 0.29) is 11.4 Å². The lowest BCUT2D eigenvalue weighted by Gasteiger charge is -2.26. The van der Waals surface area contributed by atoms with Gasteiger partial charge in [-0.15, -0.1) is 0 Å². The van der Waals surface area contributed by atoms with Crippen molar-refractivity contribution < 1.29 is 14.3 Å². The summed E-state index contributed by atoms with van der Waals surface area (Å²) in [4.78, 5) is 13.7. The van der Waals surface area contributed by atoms with Crippen molar-refractivity contribution in [2.75, 3.05) is 39.5 Å². The van der Waals surface area contributed by atoms with Crippen molar-refractivity contribution >= 4 is 6.03 Å². The van der Waals surface area contributed by atoms with Gasteiger partial charge >= 0.3 is 6.03 Å². The van der Waals surface area contributed by atoms with Crippen molar-refractivity contribution in [2.45, 2.75) is 32.6 Å². The summed E-state index contributed by atoms with van der Waals surface area (Å²) in [6.45, 7) is 10.4. The summed E-state index contributed by atoms with van der Waals surface area (Å²) >= 11 is 0. The highest BCUT2D eigenvalue weighted by atomic mass is 16.5. The Morgan fingerprint density at radius 1 is 1.22 bits per heavy atom. The predicted molar refractivity (Wildman–Crippen MR) is 91.0 cm³/mol. The largest absolute Gasteiger partial charge is 0.494 e. The third-order valence-electron chi connectivity index (χ3n) is 3.88. The quantitative estimate of drug-likeness (QED) is 0.849. The molecule has 0 radical (unpaired) electrons. The molecule has 2 rings (SSSR count). The number of amides is 2. The van der Waals surface area contributed by atoms with E-state index in [1.807, 2.05) is 12.1 Å². The molecule has 2 amide bonds. The van der Waals surface area contributed by atoms with Gasteiger partial charge in [0, 0.05) is 19.6 Å². The highest BCUT2D eigenvalue weighted by Gasteiger charge is 2.16. The minimum absolute atomic E-state index is 0.0113. The molecule has 0 atom stereocenters. The third-order valence-corrected chi connectivity index (χ3v) is 3.88. The number of nitrogens with zero attached hydrogens (tertiary/aromatic N) is 1. The van der Waals surface area contributed by atoms with Crippen LogP contribution in [0.3, 0.4) is 0 Å². The van der Waals surface area contributed by atoms with E-state index in [0.717, 1.165) is 12.2 Å². The van der Waals surface area contributed by atoms with Crippen molar-refractivity contribution in [3.05, 3.63) is 29.8 Å². The summed E-state index contributed by atoms with van der Waals surface area (Å²) in [5.41, 5.74) is 1.45. The van der Waals surface area contributed by atoms with E-state index in [2.05, 4.69) is 38.2 Å². The van der Waals surface area contributed by atoms with Crippen LogP contribution in [0.25, 0.3) is 0 Å². The van der Waals surface area contributed by atoms with Crippen LogP contribution in [-0.2, 0) is 10.2 Å². The van der Waals surface area contributed by atoms with Gasteiger partial charge in [-0.05, 0) is 29.5 Å². The van der Waals surface area contributed by atoms with Gasteiger partial charge in [-0.25, -0.2) is 4.79 Å². The highest BCUT2D eigenvalue weighted by molar-refractivity contribution is 5.74. The van der Waals surface area contributed by atoms with Crippen LogP contribution < -0.4 is 10.1 Å². The lowest BCUT2D eigenvalue weighted by atomic mass is 9.87. The molecule has 1 aliphatic heterocycles. The normalized spacial score (nSPS) is 15.3. The molecule has 0 spiro atoms. The number of hydrogen-bond donors (Lipinski definition) is 1. The minimum atomic E-state index is -0.0113. The van der Waals surface area contributed by atoms with Gasteiger partial charge in [0.1, 0.15) is 5.75 Å². The van der Waals surface area contributed by atoms with Gasteiger partial charge in [0.2, 0.25) is 0 Å². The Morgan fingerprint density at radius 2 is 1.87 bits per heavy atom. The van der Waals surface area contributed by atoms with E-state index in [9.17, 15) is 4.79 Å². The van der Waals surface area contributed by atoms with Crippen LogP contribution in [0.15, 0.2) is 24.3 Å². The minimum Gasteiger partial charge on any atom is -0.494 e. The number of hydrogen-bond acceptors (Lipinski definition) is 3. The van der Waals surface area contributed by atoms with E-state index < -0.39 is 0 Å². The average molecular weight is 320 g/mol.